The molecule has 0 saturated carbocycles. The van der Waals surface area contributed by atoms with Gasteiger partial charge >= 0.3 is 5.97 Å². The van der Waals surface area contributed by atoms with E-state index in [1.165, 1.54) is 0 Å². The maximum Gasteiger partial charge on any atom is 0.347 e. The van der Waals surface area contributed by atoms with E-state index in [2.05, 4.69) is 6.07 Å². The molecule has 124 valence electrons. The Morgan fingerprint density at radius 3 is 2.50 bits per heavy atom. The van der Waals surface area contributed by atoms with E-state index in [9.17, 15) is 4.79 Å². The van der Waals surface area contributed by atoms with E-state index in [1.54, 1.807) is 43.3 Å². The number of hydrogen-bond donors (Lipinski definition) is 0. The Morgan fingerprint density at radius 1 is 1.21 bits per heavy atom. The van der Waals surface area contributed by atoms with Gasteiger partial charge in [-0.2, -0.15) is 5.26 Å². The van der Waals surface area contributed by atoms with Gasteiger partial charge in [0, 0.05) is 6.42 Å². The summed E-state index contributed by atoms with van der Waals surface area (Å²) in [4.78, 5) is 12.2. The van der Waals surface area contributed by atoms with Crippen molar-refractivity contribution in [3.8, 4) is 11.8 Å². The van der Waals surface area contributed by atoms with Gasteiger partial charge in [0.05, 0.1) is 28.3 Å². The third kappa shape index (κ3) is 4.64. The van der Waals surface area contributed by atoms with Crippen LogP contribution in [-0.2, 0) is 16.0 Å². The molecule has 1 atom stereocenters. The van der Waals surface area contributed by atoms with E-state index < -0.39 is 12.1 Å². The van der Waals surface area contributed by atoms with Crippen molar-refractivity contribution < 1.29 is 14.3 Å². The summed E-state index contributed by atoms with van der Waals surface area (Å²) in [5.41, 5.74) is 1.28. The first kappa shape index (κ1) is 18.1. The van der Waals surface area contributed by atoms with Crippen LogP contribution in [0.5, 0.6) is 5.75 Å². The number of carbonyl (C=O) groups is 1. The van der Waals surface area contributed by atoms with Crippen LogP contribution in [0.3, 0.4) is 0 Å². The molecular weight excluding hydrogens is 349 g/mol. The van der Waals surface area contributed by atoms with E-state index >= 15 is 0 Å². The van der Waals surface area contributed by atoms with Gasteiger partial charge in [-0.25, -0.2) is 4.79 Å². The van der Waals surface area contributed by atoms with Crippen LogP contribution in [-0.4, -0.2) is 18.7 Å². The Morgan fingerprint density at radius 2 is 1.88 bits per heavy atom. The third-order valence-corrected chi connectivity index (χ3v) is 3.80. The van der Waals surface area contributed by atoms with E-state index in [1.807, 2.05) is 6.07 Å². The number of halogens is 2. The van der Waals surface area contributed by atoms with E-state index in [4.69, 9.17) is 37.9 Å². The second-order valence-electron chi connectivity index (χ2n) is 4.93. The lowest BCUT2D eigenvalue weighted by Crippen LogP contribution is -2.32. The summed E-state index contributed by atoms with van der Waals surface area (Å²) in [6.07, 6.45) is -0.688. The SMILES string of the molecule is CCOC(=O)C(Cc1cccc(C#N)c1)Oc1c(Cl)cccc1Cl. The van der Waals surface area contributed by atoms with Gasteiger partial charge in [-0.15, -0.1) is 0 Å². The summed E-state index contributed by atoms with van der Waals surface area (Å²) in [6.45, 7) is 1.95. The second kappa shape index (κ2) is 8.58. The van der Waals surface area contributed by atoms with Crippen LogP contribution in [0, 0.1) is 11.3 Å². The quantitative estimate of drug-likeness (QED) is 0.712. The summed E-state index contributed by atoms with van der Waals surface area (Å²) in [5.74, 6) is -0.286. The lowest BCUT2D eigenvalue weighted by molar-refractivity contribution is -0.151. The lowest BCUT2D eigenvalue weighted by atomic mass is 10.1. The number of benzene rings is 2. The Labute approximate surface area is 150 Å². The first-order chi connectivity index (χ1) is 11.5. The normalized spacial score (nSPS) is 11.4. The highest BCUT2D eigenvalue weighted by Crippen LogP contribution is 2.33. The van der Waals surface area contributed by atoms with Crippen LogP contribution in [0.25, 0.3) is 0 Å². The number of rotatable bonds is 6. The van der Waals surface area contributed by atoms with Gasteiger partial charge in [0.1, 0.15) is 0 Å². The number of nitrogens with zero attached hydrogens (tertiary/aromatic N) is 1. The van der Waals surface area contributed by atoms with Gasteiger partial charge < -0.3 is 9.47 Å². The molecule has 0 bridgehead atoms. The zero-order valence-electron chi connectivity index (χ0n) is 13.0. The molecule has 0 amide bonds. The fourth-order valence-corrected chi connectivity index (χ4v) is 2.61. The van der Waals surface area contributed by atoms with Gasteiger partial charge in [0.15, 0.2) is 11.9 Å². The Hall–Kier alpha value is -2.22. The van der Waals surface area contributed by atoms with Crippen LogP contribution in [0.4, 0.5) is 0 Å². The summed E-state index contributed by atoms with van der Waals surface area (Å²) in [5, 5.41) is 9.61. The van der Waals surface area contributed by atoms with Gasteiger partial charge in [0.25, 0.3) is 0 Å². The molecule has 4 nitrogen and oxygen atoms in total. The number of carbonyl (C=O) groups excluding carboxylic acids is 1. The zero-order valence-corrected chi connectivity index (χ0v) is 14.5. The predicted octanol–water partition coefficient (Wildman–Crippen LogP) is 4.42. The smallest absolute Gasteiger partial charge is 0.347 e. The number of esters is 1. The molecule has 0 saturated heterocycles. The van der Waals surface area contributed by atoms with Crippen LogP contribution in [0.15, 0.2) is 42.5 Å². The van der Waals surface area contributed by atoms with Crippen LogP contribution < -0.4 is 4.74 Å². The second-order valence-corrected chi connectivity index (χ2v) is 5.74. The van der Waals surface area contributed by atoms with Crippen LogP contribution in [0.1, 0.15) is 18.1 Å². The van der Waals surface area contributed by atoms with E-state index in [-0.39, 0.29) is 18.8 Å². The molecule has 0 spiro atoms. The van der Waals surface area contributed by atoms with Crippen LogP contribution >= 0.6 is 23.2 Å². The first-order valence-corrected chi connectivity index (χ1v) is 8.07. The van der Waals surface area contributed by atoms with Crippen molar-refractivity contribution >= 4 is 29.2 Å². The summed E-state index contributed by atoms with van der Waals surface area (Å²) in [6, 6.07) is 14.0. The fraction of sp³-hybridized carbons (Fsp3) is 0.222. The van der Waals surface area contributed by atoms with Gasteiger partial charge in [0.2, 0.25) is 0 Å². The van der Waals surface area contributed by atoms with Crippen LogP contribution in [0.2, 0.25) is 10.0 Å². The third-order valence-electron chi connectivity index (χ3n) is 3.21. The minimum absolute atomic E-state index is 0.229. The highest BCUT2D eigenvalue weighted by atomic mass is 35.5. The Kier molecular flexibility index (Phi) is 6.48. The maximum absolute atomic E-state index is 12.2. The van der Waals surface area contributed by atoms with Crippen molar-refractivity contribution in [1.29, 1.82) is 5.26 Å². The number of nitriles is 1. The lowest BCUT2D eigenvalue weighted by Gasteiger charge is -2.19. The highest BCUT2D eigenvalue weighted by molar-refractivity contribution is 6.37. The molecule has 24 heavy (non-hydrogen) atoms. The number of para-hydroxylation sites is 1. The van der Waals surface area contributed by atoms with E-state index in [0.29, 0.717) is 15.6 Å². The molecule has 0 heterocycles. The largest absolute Gasteiger partial charge is 0.475 e. The standard InChI is InChI=1S/C18H15Cl2NO3/c1-2-23-18(22)16(10-12-5-3-6-13(9-12)11-21)24-17-14(19)7-4-8-15(17)20/h3-9,16H,2,10H2,1H3. The zero-order chi connectivity index (χ0) is 17.5. The summed E-state index contributed by atoms with van der Waals surface area (Å²) < 4.78 is 10.8. The van der Waals surface area contributed by atoms with Crippen molar-refractivity contribution in [2.24, 2.45) is 0 Å². The molecule has 6 heteroatoms. The van der Waals surface area contributed by atoms with Gasteiger partial charge in [-0.3, -0.25) is 0 Å². The molecule has 0 radical (unpaired) electrons. The molecule has 0 aliphatic carbocycles. The monoisotopic (exact) mass is 363 g/mol. The minimum atomic E-state index is -0.920. The average Bonchev–Trinajstić information content (AvgIpc) is 2.57. The van der Waals surface area contributed by atoms with Gasteiger partial charge in [-0.1, -0.05) is 41.4 Å². The van der Waals surface area contributed by atoms with Crippen molar-refractivity contribution in [2.45, 2.75) is 19.4 Å². The Bertz CT molecular complexity index is 751. The topological polar surface area (TPSA) is 59.3 Å². The van der Waals surface area contributed by atoms with Crippen molar-refractivity contribution in [1.82, 2.24) is 0 Å². The predicted molar refractivity (Wildman–Crippen MR) is 92.4 cm³/mol. The molecule has 0 fully saturated rings. The molecule has 2 aromatic carbocycles. The number of hydrogen-bond acceptors (Lipinski definition) is 4. The van der Waals surface area contributed by atoms with Crippen molar-refractivity contribution in [2.75, 3.05) is 6.61 Å². The molecule has 2 rings (SSSR count). The summed E-state index contributed by atoms with van der Waals surface area (Å²) in [7, 11) is 0. The minimum Gasteiger partial charge on any atom is -0.475 e. The van der Waals surface area contributed by atoms with Crippen molar-refractivity contribution in [3.63, 3.8) is 0 Å². The van der Waals surface area contributed by atoms with E-state index in [0.717, 1.165) is 5.56 Å². The molecular formula is C18H15Cl2NO3. The molecule has 2 aromatic rings. The Balaban J connectivity index is 2.28. The molecule has 0 aromatic heterocycles. The molecule has 0 aliphatic heterocycles. The molecule has 0 aliphatic rings. The number of ether oxygens (including phenoxy) is 2. The van der Waals surface area contributed by atoms with Gasteiger partial charge in [-0.05, 0) is 36.8 Å². The fourth-order valence-electron chi connectivity index (χ4n) is 2.13. The van der Waals surface area contributed by atoms with Crippen molar-refractivity contribution in [3.05, 3.63) is 63.6 Å². The first-order valence-electron chi connectivity index (χ1n) is 7.31. The summed E-state index contributed by atoms with van der Waals surface area (Å²) >= 11 is 12.2. The maximum atomic E-state index is 12.2. The molecule has 0 N–H and O–H groups in total. The molecule has 1 unspecified atom stereocenters. The average molecular weight is 364 g/mol. The highest BCUT2D eigenvalue weighted by Gasteiger charge is 2.24.